The molecule has 3 rings (SSSR count). The summed E-state index contributed by atoms with van der Waals surface area (Å²) in [4.78, 5) is 0. The highest BCUT2D eigenvalue weighted by atomic mass is 16.5. The standard InChI is InChI=1S/C15H21NO2/c1-15-8-10(7-11(9-15)16-2)12-5-4-6-13(17-3)14(12)18-15/h4-6,10-11,16H,7-9H2,1-3H3/t10?,11-,15?/m0/s1. The van der Waals surface area contributed by atoms with Crippen LogP contribution in [0.1, 0.15) is 37.7 Å². The van der Waals surface area contributed by atoms with Crippen LogP contribution in [-0.2, 0) is 0 Å². The Balaban J connectivity index is 2.04. The first-order chi connectivity index (χ1) is 8.65. The van der Waals surface area contributed by atoms with Gasteiger partial charge in [0.1, 0.15) is 5.60 Å². The molecule has 3 atom stereocenters. The Morgan fingerprint density at radius 2 is 2.22 bits per heavy atom. The largest absolute Gasteiger partial charge is 0.493 e. The van der Waals surface area contributed by atoms with E-state index in [2.05, 4.69) is 24.4 Å². The van der Waals surface area contributed by atoms with E-state index in [0.717, 1.165) is 24.3 Å². The fourth-order valence-electron chi connectivity index (χ4n) is 3.55. The molecule has 98 valence electrons. The zero-order valence-electron chi connectivity index (χ0n) is 11.3. The molecule has 1 aliphatic carbocycles. The predicted octanol–water partition coefficient (Wildman–Crippen LogP) is 2.70. The number of methoxy groups -OCH3 is 1. The van der Waals surface area contributed by atoms with Gasteiger partial charge in [-0.25, -0.2) is 0 Å². The molecule has 0 saturated heterocycles. The van der Waals surface area contributed by atoms with E-state index >= 15 is 0 Å². The first-order valence-corrected chi connectivity index (χ1v) is 6.68. The number of benzene rings is 1. The molecule has 1 saturated carbocycles. The zero-order chi connectivity index (χ0) is 12.8. The molecule has 1 aromatic rings. The minimum Gasteiger partial charge on any atom is -0.493 e. The van der Waals surface area contributed by atoms with Gasteiger partial charge in [0, 0.05) is 18.0 Å². The van der Waals surface area contributed by atoms with Crippen molar-refractivity contribution in [1.82, 2.24) is 5.32 Å². The molecule has 1 aromatic carbocycles. The quantitative estimate of drug-likeness (QED) is 0.871. The molecule has 18 heavy (non-hydrogen) atoms. The van der Waals surface area contributed by atoms with Crippen LogP contribution in [-0.4, -0.2) is 25.8 Å². The molecule has 0 amide bonds. The molecule has 3 heteroatoms. The highest BCUT2D eigenvalue weighted by molar-refractivity contribution is 5.50. The number of hydrogen-bond donors (Lipinski definition) is 1. The maximum Gasteiger partial charge on any atom is 0.165 e. The lowest BCUT2D eigenvalue weighted by Gasteiger charge is -2.47. The molecule has 1 heterocycles. The second kappa shape index (κ2) is 4.16. The summed E-state index contributed by atoms with van der Waals surface area (Å²) in [5.74, 6) is 2.42. The van der Waals surface area contributed by atoms with E-state index in [0.29, 0.717) is 12.0 Å². The summed E-state index contributed by atoms with van der Waals surface area (Å²) in [7, 11) is 3.75. The molecular weight excluding hydrogens is 226 g/mol. The average Bonchev–Trinajstić information content (AvgIpc) is 2.37. The van der Waals surface area contributed by atoms with Gasteiger partial charge in [0.2, 0.25) is 0 Å². The summed E-state index contributed by atoms with van der Waals surface area (Å²) in [6, 6.07) is 6.78. The predicted molar refractivity (Wildman–Crippen MR) is 71.5 cm³/mol. The van der Waals surface area contributed by atoms with Crippen molar-refractivity contribution in [1.29, 1.82) is 0 Å². The van der Waals surface area contributed by atoms with Crippen molar-refractivity contribution in [2.75, 3.05) is 14.2 Å². The third-order valence-corrected chi connectivity index (χ3v) is 4.35. The van der Waals surface area contributed by atoms with Gasteiger partial charge in [0.05, 0.1) is 7.11 Å². The summed E-state index contributed by atoms with van der Waals surface area (Å²) in [6.07, 6.45) is 3.37. The van der Waals surface area contributed by atoms with Gasteiger partial charge >= 0.3 is 0 Å². The normalized spacial score (nSPS) is 33.5. The Kier molecular flexibility index (Phi) is 2.74. The molecule has 0 spiro atoms. The van der Waals surface area contributed by atoms with Crippen molar-refractivity contribution < 1.29 is 9.47 Å². The summed E-state index contributed by atoms with van der Waals surface area (Å²) >= 11 is 0. The van der Waals surface area contributed by atoms with Gasteiger partial charge < -0.3 is 14.8 Å². The summed E-state index contributed by atoms with van der Waals surface area (Å²) in [5.41, 5.74) is 1.25. The number of ether oxygens (including phenoxy) is 2. The topological polar surface area (TPSA) is 30.5 Å². The average molecular weight is 247 g/mol. The second-order valence-corrected chi connectivity index (χ2v) is 5.76. The second-order valence-electron chi connectivity index (χ2n) is 5.76. The van der Waals surface area contributed by atoms with Crippen molar-refractivity contribution in [3.05, 3.63) is 23.8 Å². The minimum absolute atomic E-state index is 0.0573. The highest BCUT2D eigenvalue weighted by Crippen LogP contribution is 2.51. The third kappa shape index (κ3) is 1.77. The van der Waals surface area contributed by atoms with Crippen LogP contribution < -0.4 is 14.8 Å². The molecule has 0 radical (unpaired) electrons. The summed E-state index contributed by atoms with van der Waals surface area (Å²) in [5, 5.41) is 3.41. The zero-order valence-corrected chi connectivity index (χ0v) is 11.3. The molecule has 1 N–H and O–H groups in total. The minimum atomic E-state index is -0.0573. The van der Waals surface area contributed by atoms with Crippen molar-refractivity contribution in [3.8, 4) is 11.5 Å². The molecule has 3 nitrogen and oxygen atoms in total. The van der Waals surface area contributed by atoms with Gasteiger partial charge in [0.15, 0.2) is 11.5 Å². The fraction of sp³-hybridized carbons (Fsp3) is 0.600. The molecule has 0 aromatic heterocycles. The fourth-order valence-corrected chi connectivity index (χ4v) is 3.55. The maximum atomic E-state index is 6.28. The number of rotatable bonds is 2. The number of nitrogens with one attached hydrogen (secondary N) is 1. The van der Waals surface area contributed by atoms with Crippen molar-refractivity contribution in [3.63, 3.8) is 0 Å². The first kappa shape index (κ1) is 11.8. The number of hydrogen-bond acceptors (Lipinski definition) is 3. The summed E-state index contributed by atoms with van der Waals surface area (Å²) in [6.45, 7) is 2.22. The van der Waals surface area contributed by atoms with Gasteiger partial charge in [-0.2, -0.15) is 0 Å². The van der Waals surface area contributed by atoms with Crippen molar-refractivity contribution >= 4 is 0 Å². The van der Waals surface area contributed by atoms with E-state index in [1.807, 2.05) is 13.1 Å². The molecule has 2 bridgehead atoms. The third-order valence-electron chi connectivity index (χ3n) is 4.35. The Labute approximate surface area is 108 Å². The van der Waals surface area contributed by atoms with Gasteiger partial charge in [0.25, 0.3) is 0 Å². The Bertz CT molecular complexity index is 460. The van der Waals surface area contributed by atoms with Gasteiger partial charge in [-0.05, 0) is 38.8 Å². The smallest absolute Gasteiger partial charge is 0.165 e. The maximum absolute atomic E-state index is 6.28. The number of para-hydroxylation sites is 1. The van der Waals surface area contributed by atoms with Crippen LogP contribution in [0.3, 0.4) is 0 Å². The van der Waals surface area contributed by atoms with Crippen LogP contribution in [0.5, 0.6) is 11.5 Å². The van der Waals surface area contributed by atoms with E-state index in [9.17, 15) is 0 Å². The van der Waals surface area contributed by atoms with E-state index < -0.39 is 0 Å². The van der Waals surface area contributed by atoms with Crippen LogP contribution >= 0.6 is 0 Å². The molecule has 2 unspecified atom stereocenters. The summed E-state index contributed by atoms with van der Waals surface area (Å²) < 4.78 is 11.7. The van der Waals surface area contributed by atoms with E-state index in [1.54, 1.807) is 7.11 Å². The lowest BCUT2D eigenvalue weighted by atomic mass is 9.71. The molecule has 1 fully saturated rings. The van der Waals surface area contributed by atoms with Crippen LogP contribution in [0, 0.1) is 0 Å². The Hall–Kier alpha value is -1.22. The number of fused-ring (bicyclic) bond motifs is 4. The molecule has 2 aliphatic rings. The van der Waals surface area contributed by atoms with Gasteiger partial charge in [-0.15, -0.1) is 0 Å². The highest BCUT2D eigenvalue weighted by Gasteiger charge is 2.44. The van der Waals surface area contributed by atoms with Crippen LogP contribution in [0.2, 0.25) is 0 Å². The molecular formula is C15H21NO2. The first-order valence-electron chi connectivity index (χ1n) is 6.68. The van der Waals surface area contributed by atoms with E-state index in [-0.39, 0.29) is 5.60 Å². The molecule has 1 aliphatic heterocycles. The lowest BCUT2D eigenvalue weighted by Crippen LogP contribution is -2.49. The monoisotopic (exact) mass is 247 g/mol. The Morgan fingerprint density at radius 3 is 2.94 bits per heavy atom. The van der Waals surface area contributed by atoms with Crippen LogP contribution in [0.15, 0.2) is 18.2 Å². The lowest BCUT2D eigenvalue weighted by molar-refractivity contribution is 0.00649. The SMILES string of the molecule is CN[C@H]1CC2CC(C)(C1)Oc1c(OC)cccc12. The van der Waals surface area contributed by atoms with Crippen molar-refractivity contribution in [2.45, 2.75) is 43.7 Å². The van der Waals surface area contributed by atoms with Crippen LogP contribution in [0.4, 0.5) is 0 Å². The van der Waals surface area contributed by atoms with Gasteiger partial charge in [-0.1, -0.05) is 12.1 Å². The van der Waals surface area contributed by atoms with Crippen molar-refractivity contribution in [2.24, 2.45) is 0 Å². The Morgan fingerprint density at radius 1 is 1.39 bits per heavy atom. The van der Waals surface area contributed by atoms with Crippen LogP contribution in [0.25, 0.3) is 0 Å². The van der Waals surface area contributed by atoms with Gasteiger partial charge in [-0.3, -0.25) is 0 Å². The van der Waals surface area contributed by atoms with E-state index in [1.165, 1.54) is 12.0 Å². The van der Waals surface area contributed by atoms with E-state index in [4.69, 9.17) is 9.47 Å².